The Morgan fingerprint density at radius 1 is 1.12 bits per heavy atom. The van der Waals surface area contributed by atoms with Gasteiger partial charge in [-0.3, -0.25) is 9.78 Å². The average molecular weight is 321 g/mol. The summed E-state index contributed by atoms with van der Waals surface area (Å²) in [5.41, 5.74) is 4.73. The molecule has 0 radical (unpaired) electrons. The molecule has 3 aromatic rings. The molecule has 0 spiro atoms. The van der Waals surface area contributed by atoms with Crippen molar-refractivity contribution < 1.29 is 4.79 Å². The van der Waals surface area contributed by atoms with E-state index in [0.29, 0.717) is 18.8 Å². The van der Waals surface area contributed by atoms with Gasteiger partial charge in [0, 0.05) is 18.9 Å². The van der Waals surface area contributed by atoms with Crippen LogP contribution < -0.4 is 5.32 Å². The van der Waals surface area contributed by atoms with Gasteiger partial charge in [-0.25, -0.2) is 4.68 Å². The van der Waals surface area contributed by atoms with Crippen LogP contribution in [0.5, 0.6) is 0 Å². The van der Waals surface area contributed by atoms with E-state index in [1.807, 2.05) is 31.2 Å². The van der Waals surface area contributed by atoms with Crippen molar-refractivity contribution in [1.82, 2.24) is 25.3 Å². The quantitative estimate of drug-likeness (QED) is 0.782. The van der Waals surface area contributed by atoms with Gasteiger partial charge in [0.25, 0.3) is 5.91 Å². The molecule has 1 amide bonds. The van der Waals surface area contributed by atoms with Crippen molar-refractivity contribution in [2.24, 2.45) is 0 Å². The van der Waals surface area contributed by atoms with E-state index < -0.39 is 0 Å². The van der Waals surface area contributed by atoms with Crippen LogP contribution in [0.3, 0.4) is 0 Å². The highest BCUT2D eigenvalue weighted by atomic mass is 16.2. The lowest BCUT2D eigenvalue weighted by atomic mass is 10.1. The molecule has 0 aliphatic heterocycles. The zero-order chi connectivity index (χ0) is 16.9. The molecule has 122 valence electrons. The van der Waals surface area contributed by atoms with E-state index in [1.54, 1.807) is 23.3 Å². The van der Waals surface area contributed by atoms with Crippen molar-refractivity contribution in [2.45, 2.75) is 26.9 Å². The second-order valence-electron chi connectivity index (χ2n) is 5.71. The number of aryl methyl sites for hydroxylation is 2. The molecule has 2 heterocycles. The van der Waals surface area contributed by atoms with Gasteiger partial charge >= 0.3 is 0 Å². The van der Waals surface area contributed by atoms with Crippen LogP contribution in [0.4, 0.5) is 0 Å². The molecule has 1 N–H and O–H groups in total. The lowest BCUT2D eigenvalue weighted by Crippen LogP contribution is -2.23. The van der Waals surface area contributed by atoms with Crippen molar-refractivity contribution in [3.05, 3.63) is 76.9 Å². The van der Waals surface area contributed by atoms with Crippen LogP contribution in [0.25, 0.3) is 0 Å². The maximum Gasteiger partial charge on any atom is 0.273 e. The topological polar surface area (TPSA) is 72.7 Å². The summed E-state index contributed by atoms with van der Waals surface area (Å²) in [6.07, 6.45) is 5.16. The summed E-state index contributed by atoms with van der Waals surface area (Å²) >= 11 is 0. The number of nitrogens with zero attached hydrogens (tertiary/aromatic N) is 4. The third kappa shape index (κ3) is 3.65. The van der Waals surface area contributed by atoms with Crippen LogP contribution in [-0.4, -0.2) is 25.9 Å². The Kier molecular flexibility index (Phi) is 4.65. The number of aromatic nitrogens is 4. The molecule has 1 aromatic carbocycles. The molecule has 6 heteroatoms. The van der Waals surface area contributed by atoms with Gasteiger partial charge in [0.1, 0.15) is 0 Å². The number of pyridine rings is 1. The van der Waals surface area contributed by atoms with E-state index in [-0.39, 0.29) is 5.91 Å². The Hall–Kier alpha value is -3.02. The van der Waals surface area contributed by atoms with Crippen LogP contribution in [0.1, 0.15) is 32.7 Å². The van der Waals surface area contributed by atoms with Gasteiger partial charge in [-0.05, 0) is 42.2 Å². The molecular weight excluding hydrogens is 302 g/mol. The lowest BCUT2D eigenvalue weighted by molar-refractivity contribution is 0.0945. The number of carbonyl (C=O) groups is 1. The molecular formula is C18H19N5O. The molecule has 0 aliphatic rings. The minimum absolute atomic E-state index is 0.234. The van der Waals surface area contributed by atoms with Crippen molar-refractivity contribution in [1.29, 1.82) is 0 Å². The zero-order valence-electron chi connectivity index (χ0n) is 13.7. The van der Waals surface area contributed by atoms with Gasteiger partial charge in [0.15, 0.2) is 5.69 Å². The summed E-state index contributed by atoms with van der Waals surface area (Å²) < 4.78 is 1.68. The van der Waals surface area contributed by atoms with E-state index in [1.165, 1.54) is 5.56 Å². The first-order valence-electron chi connectivity index (χ1n) is 7.76. The Balaban J connectivity index is 1.64. The second kappa shape index (κ2) is 7.04. The van der Waals surface area contributed by atoms with E-state index in [9.17, 15) is 4.79 Å². The lowest BCUT2D eigenvalue weighted by Gasteiger charge is -2.06. The molecule has 24 heavy (non-hydrogen) atoms. The summed E-state index contributed by atoms with van der Waals surface area (Å²) in [4.78, 5) is 16.3. The van der Waals surface area contributed by atoms with E-state index >= 15 is 0 Å². The summed E-state index contributed by atoms with van der Waals surface area (Å²) in [5, 5.41) is 10.9. The highest BCUT2D eigenvalue weighted by Gasteiger charge is 2.11. The van der Waals surface area contributed by atoms with Crippen molar-refractivity contribution in [3.8, 4) is 0 Å². The molecule has 0 saturated heterocycles. The van der Waals surface area contributed by atoms with E-state index in [0.717, 1.165) is 16.7 Å². The smallest absolute Gasteiger partial charge is 0.273 e. The largest absolute Gasteiger partial charge is 0.347 e. The Morgan fingerprint density at radius 3 is 2.75 bits per heavy atom. The molecule has 0 atom stereocenters. The van der Waals surface area contributed by atoms with Crippen molar-refractivity contribution >= 4 is 5.91 Å². The SMILES string of the molecule is Cc1cnccc1CNC(=O)c1cn(Cc2ccccc2C)nn1. The highest BCUT2D eigenvalue weighted by Crippen LogP contribution is 2.09. The standard InChI is InChI=1S/C18H19N5O/c1-13-5-3-4-6-16(13)11-23-12-17(21-22-23)18(24)20-10-15-7-8-19-9-14(15)2/h3-9,12H,10-11H2,1-2H3,(H,20,24). The first-order valence-corrected chi connectivity index (χ1v) is 7.76. The predicted molar refractivity (Wildman–Crippen MR) is 90.4 cm³/mol. The number of rotatable bonds is 5. The molecule has 0 aliphatic carbocycles. The first-order chi connectivity index (χ1) is 11.6. The van der Waals surface area contributed by atoms with Gasteiger partial charge in [-0.1, -0.05) is 29.5 Å². The summed E-state index contributed by atoms with van der Waals surface area (Å²) in [5.74, 6) is -0.234. The molecule has 0 bridgehead atoms. The minimum atomic E-state index is -0.234. The van der Waals surface area contributed by atoms with Crippen molar-refractivity contribution in [3.63, 3.8) is 0 Å². The van der Waals surface area contributed by atoms with Gasteiger partial charge in [0.2, 0.25) is 0 Å². The molecule has 3 rings (SSSR count). The molecule has 0 saturated carbocycles. The first kappa shape index (κ1) is 15.9. The van der Waals surface area contributed by atoms with Crippen molar-refractivity contribution in [2.75, 3.05) is 0 Å². The number of hydrogen-bond donors (Lipinski definition) is 1. The number of hydrogen-bond acceptors (Lipinski definition) is 4. The molecule has 6 nitrogen and oxygen atoms in total. The maximum absolute atomic E-state index is 12.2. The number of nitrogens with one attached hydrogen (secondary N) is 1. The summed E-state index contributed by atoms with van der Waals surface area (Å²) in [6.45, 7) is 5.05. The number of amides is 1. The highest BCUT2D eigenvalue weighted by molar-refractivity contribution is 5.91. The number of benzene rings is 1. The molecule has 0 fully saturated rings. The predicted octanol–water partition coefficient (Wildman–Crippen LogP) is 2.27. The van der Waals surface area contributed by atoms with Crippen LogP contribution in [-0.2, 0) is 13.1 Å². The zero-order valence-corrected chi connectivity index (χ0v) is 13.7. The van der Waals surface area contributed by atoms with Gasteiger partial charge in [-0.15, -0.1) is 5.10 Å². The third-order valence-corrected chi connectivity index (χ3v) is 3.94. The Bertz CT molecular complexity index is 856. The fraction of sp³-hybridized carbons (Fsp3) is 0.222. The monoisotopic (exact) mass is 321 g/mol. The van der Waals surface area contributed by atoms with Crippen LogP contribution >= 0.6 is 0 Å². The second-order valence-corrected chi connectivity index (χ2v) is 5.71. The summed E-state index contributed by atoms with van der Waals surface area (Å²) in [7, 11) is 0. The van der Waals surface area contributed by atoms with Gasteiger partial charge in [0.05, 0.1) is 12.7 Å². The third-order valence-electron chi connectivity index (χ3n) is 3.94. The van der Waals surface area contributed by atoms with Crippen LogP contribution in [0.15, 0.2) is 48.9 Å². The Labute approximate surface area is 140 Å². The average Bonchev–Trinajstić information content (AvgIpc) is 3.05. The Morgan fingerprint density at radius 2 is 1.96 bits per heavy atom. The molecule has 2 aromatic heterocycles. The van der Waals surface area contributed by atoms with E-state index in [4.69, 9.17) is 0 Å². The molecule has 0 unspecified atom stereocenters. The van der Waals surface area contributed by atoms with Crippen LogP contribution in [0, 0.1) is 13.8 Å². The van der Waals surface area contributed by atoms with Crippen LogP contribution in [0.2, 0.25) is 0 Å². The normalized spacial score (nSPS) is 10.6. The summed E-state index contributed by atoms with van der Waals surface area (Å²) in [6, 6.07) is 9.98. The van der Waals surface area contributed by atoms with Gasteiger partial charge in [-0.2, -0.15) is 0 Å². The fourth-order valence-corrected chi connectivity index (χ4v) is 2.41. The minimum Gasteiger partial charge on any atom is -0.347 e. The van der Waals surface area contributed by atoms with E-state index in [2.05, 4.69) is 33.6 Å². The van der Waals surface area contributed by atoms with Gasteiger partial charge < -0.3 is 5.32 Å². The maximum atomic E-state index is 12.2. The number of carbonyl (C=O) groups excluding carboxylic acids is 1. The fourth-order valence-electron chi connectivity index (χ4n) is 2.41.